The van der Waals surface area contributed by atoms with Crippen LogP contribution in [-0.2, 0) is 11.3 Å². The predicted octanol–water partition coefficient (Wildman–Crippen LogP) is 2.05. The molecule has 6 nitrogen and oxygen atoms in total. The minimum Gasteiger partial charge on any atom is -0.369 e. The number of hydrogen-bond donors (Lipinski definition) is 1. The zero-order valence-electron chi connectivity index (χ0n) is 10.9. The number of carbonyl (C=O) groups is 1. The van der Waals surface area contributed by atoms with Gasteiger partial charge in [-0.05, 0) is 40.9 Å². The van der Waals surface area contributed by atoms with Crippen molar-refractivity contribution in [2.75, 3.05) is 13.1 Å². The zero-order valence-corrected chi connectivity index (χ0v) is 12.5. The molecule has 0 aliphatic carbocycles. The molecule has 1 heterocycles. The molecule has 0 saturated carbocycles. The van der Waals surface area contributed by atoms with Crippen LogP contribution in [0.1, 0.15) is 18.4 Å². The molecule has 1 aromatic carbocycles. The molecule has 0 aromatic heterocycles. The number of carbonyl (C=O) groups excluding carboxylic acids is 1. The van der Waals surface area contributed by atoms with E-state index in [9.17, 15) is 14.9 Å². The topological polar surface area (TPSA) is 89.5 Å². The Morgan fingerprint density at radius 3 is 2.95 bits per heavy atom. The van der Waals surface area contributed by atoms with E-state index in [-0.39, 0.29) is 17.5 Å². The van der Waals surface area contributed by atoms with Gasteiger partial charge >= 0.3 is 0 Å². The molecular weight excluding hydrogens is 326 g/mol. The van der Waals surface area contributed by atoms with Gasteiger partial charge in [0.1, 0.15) is 0 Å². The van der Waals surface area contributed by atoms with E-state index in [4.69, 9.17) is 5.73 Å². The number of primary amides is 1. The molecular formula is C13H16BrN3O3. The number of nitrogens with two attached hydrogens (primary N) is 1. The quantitative estimate of drug-likeness (QED) is 0.670. The first-order valence-corrected chi connectivity index (χ1v) is 7.21. The molecule has 7 heteroatoms. The first-order chi connectivity index (χ1) is 9.49. The first kappa shape index (κ1) is 14.9. The lowest BCUT2D eigenvalue weighted by molar-refractivity contribution is -0.385. The summed E-state index contributed by atoms with van der Waals surface area (Å²) < 4.78 is 0.506. The van der Waals surface area contributed by atoms with Crippen LogP contribution in [0.15, 0.2) is 22.7 Å². The number of amides is 1. The SMILES string of the molecule is NC(=O)C1CCCN(Cc2cccc([N+](=O)[O-])c2Br)C1. The fourth-order valence-corrected chi connectivity index (χ4v) is 3.04. The number of rotatable bonds is 4. The van der Waals surface area contributed by atoms with Gasteiger partial charge in [0.25, 0.3) is 5.69 Å². The number of nitro groups is 1. The van der Waals surface area contributed by atoms with Gasteiger partial charge in [0.2, 0.25) is 5.91 Å². The monoisotopic (exact) mass is 341 g/mol. The summed E-state index contributed by atoms with van der Waals surface area (Å²) in [4.78, 5) is 23.9. The number of likely N-dealkylation sites (tertiary alicyclic amines) is 1. The van der Waals surface area contributed by atoms with Gasteiger partial charge in [-0.15, -0.1) is 0 Å². The summed E-state index contributed by atoms with van der Waals surface area (Å²) in [6.45, 7) is 2.06. The third-order valence-electron chi connectivity index (χ3n) is 3.56. The largest absolute Gasteiger partial charge is 0.369 e. The van der Waals surface area contributed by atoms with E-state index in [1.54, 1.807) is 6.07 Å². The number of hydrogen-bond acceptors (Lipinski definition) is 4. The number of nitrogens with zero attached hydrogens (tertiary/aromatic N) is 2. The summed E-state index contributed by atoms with van der Waals surface area (Å²) in [5.74, 6) is -0.394. The molecule has 2 rings (SSSR count). The molecule has 0 bridgehead atoms. The third kappa shape index (κ3) is 3.34. The Morgan fingerprint density at radius 2 is 2.30 bits per heavy atom. The van der Waals surface area contributed by atoms with Crippen molar-refractivity contribution in [3.05, 3.63) is 38.3 Å². The fraction of sp³-hybridized carbons (Fsp3) is 0.462. The van der Waals surface area contributed by atoms with E-state index < -0.39 is 4.92 Å². The highest BCUT2D eigenvalue weighted by molar-refractivity contribution is 9.10. The summed E-state index contributed by atoms with van der Waals surface area (Å²) in [5.41, 5.74) is 6.26. The predicted molar refractivity (Wildman–Crippen MR) is 78.0 cm³/mol. The summed E-state index contributed by atoms with van der Waals surface area (Å²) in [5, 5.41) is 10.9. The molecule has 1 saturated heterocycles. The van der Waals surface area contributed by atoms with Crippen LogP contribution >= 0.6 is 15.9 Å². The number of piperidine rings is 1. The molecule has 1 fully saturated rings. The summed E-state index contributed by atoms with van der Waals surface area (Å²) in [6.07, 6.45) is 1.74. The average Bonchev–Trinajstić information content (AvgIpc) is 2.41. The van der Waals surface area contributed by atoms with Crippen LogP contribution in [0.4, 0.5) is 5.69 Å². The maximum atomic E-state index is 11.3. The van der Waals surface area contributed by atoms with Gasteiger partial charge in [-0.2, -0.15) is 0 Å². The van der Waals surface area contributed by atoms with Crippen LogP contribution in [0.2, 0.25) is 0 Å². The Kier molecular flexibility index (Phi) is 4.72. The summed E-state index contributed by atoms with van der Waals surface area (Å²) in [7, 11) is 0. The van der Waals surface area contributed by atoms with E-state index in [1.165, 1.54) is 6.07 Å². The smallest absolute Gasteiger partial charge is 0.283 e. The van der Waals surface area contributed by atoms with Gasteiger partial charge < -0.3 is 5.73 Å². The first-order valence-electron chi connectivity index (χ1n) is 6.42. The maximum absolute atomic E-state index is 11.3. The molecule has 1 amide bonds. The van der Waals surface area contributed by atoms with Crippen molar-refractivity contribution >= 4 is 27.5 Å². The Morgan fingerprint density at radius 1 is 1.55 bits per heavy atom. The van der Waals surface area contributed by atoms with Gasteiger partial charge in [-0.25, -0.2) is 0 Å². The summed E-state index contributed by atoms with van der Waals surface area (Å²) >= 11 is 3.29. The molecule has 108 valence electrons. The molecule has 0 spiro atoms. The Balaban J connectivity index is 2.12. The van der Waals surface area contributed by atoms with Crippen molar-refractivity contribution < 1.29 is 9.72 Å². The van der Waals surface area contributed by atoms with Gasteiger partial charge in [0.15, 0.2) is 0 Å². The van der Waals surface area contributed by atoms with Crippen LogP contribution in [0.5, 0.6) is 0 Å². The Bertz CT molecular complexity index is 536. The molecule has 1 unspecified atom stereocenters. The van der Waals surface area contributed by atoms with Crippen molar-refractivity contribution in [3.8, 4) is 0 Å². The minimum absolute atomic E-state index is 0.0611. The number of nitro benzene ring substituents is 1. The lowest BCUT2D eigenvalue weighted by atomic mass is 9.97. The van der Waals surface area contributed by atoms with E-state index in [0.717, 1.165) is 24.9 Å². The van der Waals surface area contributed by atoms with Gasteiger partial charge in [-0.1, -0.05) is 12.1 Å². The third-order valence-corrected chi connectivity index (χ3v) is 4.47. The normalized spacial score (nSPS) is 19.8. The summed E-state index contributed by atoms with van der Waals surface area (Å²) in [6, 6.07) is 4.99. The van der Waals surface area contributed by atoms with Gasteiger partial charge in [0.05, 0.1) is 15.3 Å². The van der Waals surface area contributed by atoms with Crippen molar-refractivity contribution in [2.45, 2.75) is 19.4 Å². The lowest BCUT2D eigenvalue weighted by Crippen LogP contribution is -2.40. The Hall–Kier alpha value is -1.47. The van der Waals surface area contributed by atoms with Crippen molar-refractivity contribution in [2.24, 2.45) is 11.7 Å². The van der Waals surface area contributed by atoms with E-state index in [1.807, 2.05) is 6.07 Å². The van der Waals surface area contributed by atoms with Gasteiger partial charge in [0, 0.05) is 19.2 Å². The molecule has 1 atom stereocenters. The number of benzene rings is 1. The molecule has 1 aliphatic rings. The van der Waals surface area contributed by atoms with Crippen LogP contribution in [-0.4, -0.2) is 28.8 Å². The number of halogens is 1. The molecule has 2 N–H and O–H groups in total. The van der Waals surface area contributed by atoms with Crippen molar-refractivity contribution in [1.82, 2.24) is 4.90 Å². The van der Waals surface area contributed by atoms with Gasteiger partial charge in [-0.3, -0.25) is 19.8 Å². The van der Waals surface area contributed by atoms with E-state index in [0.29, 0.717) is 17.6 Å². The van der Waals surface area contributed by atoms with Crippen LogP contribution in [0.3, 0.4) is 0 Å². The fourth-order valence-electron chi connectivity index (χ4n) is 2.50. The molecule has 1 aliphatic heterocycles. The minimum atomic E-state index is -0.407. The van der Waals surface area contributed by atoms with Crippen molar-refractivity contribution in [3.63, 3.8) is 0 Å². The molecule has 20 heavy (non-hydrogen) atoms. The molecule has 1 aromatic rings. The maximum Gasteiger partial charge on any atom is 0.283 e. The second-order valence-corrected chi connectivity index (χ2v) is 5.78. The van der Waals surface area contributed by atoms with Crippen LogP contribution in [0.25, 0.3) is 0 Å². The zero-order chi connectivity index (χ0) is 14.7. The second-order valence-electron chi connectivity index (χ2n) is 4.98. The van der Waals surface area contributed by atoms with E-state index in [2.05, 4.69) is 20.8 Å². The van der Waals surface area contributed by atoms with Crippen LogP contribution in [0, 0.1) is 16.0 Å². The van der Waals surface area contributed by atoms with E-state index >= 15 is 0 Å². The lowest BCUT2D eigenvalue weighted by Gasteiger charge is -2.31. The molecule has 0 radical (unpaired) electrons. The Labute approximate surface area is 125 Å². The standard InChI is InChI=1S/C13H16BrN3O3/c14-12-9(3-1-5-11(12)17(19)20)7-16-6-2-4-10(8-16)13(15)18/h1,3,5,10H,2,4,6-8H2,(H2,15,18). The highest BCUT2D eigenvalue weighted by atomic mass is 79.9. The average molecular weight is 342 g/mol. The second kappa shape index (κ2) is 6.32. The van der Waals surface area contributed by atoms with Crippen LogP contribution < -0.4 is 5.73 Å². The van der Waals surface area contributed by atoms with Crippen molar-refractivity contribution in [1.29, 1.82) is 0 Å². The highest BCUT2D eigenvalue weighted by Crippen LogP contribution is 2.30. The highest BCUT2D eigenvalue weighted by Gasteiger charge is 2.25.